The zero-order valence-corrected chi connectivity index (χ0v) is 8.91. The summed E-state index contributed by atoms with van der Waals surface area (Å²) in [4.78, 5) is 0. The van der Waals surface area contributed by atoms with E-state index in [9.17, 15) is 0 Å². The quantitative estimate of drug-likeness (QED) is 0.407. The Hall–Kier alpha value is -0.500. The van der Waals surface area contributed by atoms with Gasteiger partial charge in [-0.3, -0.25) is 0 Å². The fourth-order valence-electron chi connectivity index (χ4n) is 1.11. The maximum atomic E-state index is 9.07. The molecule has 0 saturated heterocycles. The van der Waals surface area contributed by atoms with Crippen LogP contribution in [0.25, 0.3) is 10.8 Å². The van der Waals surface area contributed by atoms with Gasteiger partial charge in [0.05, 0.1) is 0 Å². The Morgan fingerprint density at radius 3 is 2.50 bits per heavy atom. The fourth-order valence-corrected chi connectivity index (χ4v) is 1.11. The van der Waals surface area contributed by atoms with Crippen molar-refractivity contribution in [2.24, 2.45) is 0 Å². The molecule has 0 fully saturated rings. The van der Waals surface area contributed by atoms with E-state index in [2.05, 4.69) is 6.07 Å². The Morgan fingerprint density at radius 2 is 1.75 bits per heavy atom. The van der Waals surface area contributed by atoms with Gasteiger partial charge in [0.15, 0.2) is 0 Å². The maximum Gasteiger partial charge on any atom is 1.00 e. The van der Waals surface area contributed by atoms with Gasteiger partial charge >= 0.3 is 29.6 Å². The number of rotatable bonds is 0. The van der Waals surface area contributed by atoms with Crippen LogP contribution in [0.15, 0.2) is 36.4 Å². The molecule has 2 aromatic carbocycles. The van der Waals surface area contributed by atoms with Crippen LogP contribution in [-0.4, -0.2) is 5.11 Å². The Bertz CT molecular complexity index is 384. The molecule has 0 unspecified atom stereocenters. The minimum atomic E-state index is 0. The molecule has 1 N–H and O–H groups in total. The second-order valence-corrected chi connectivity index (χ2v) is 2.45. The summed E-state index contributed by atoms with van der Waals surface area (Å²) in [5, 5.41) is 11.2. The molecule has 0 aliphatic carbocycles. The second kappa shape index (κ2) is 3.94. The van der Waals surface area contributed by atoms with Gasteiger partial charge < -0.3 is 5.11 Å². The van der Waals surface area contributed by atoms with Crippen molar-refractivity contribution in [2.45, 2.75) is 0 Å². The van der Waals surface area contributed by atoms with Crippen LogP contribution in [-0.2, 0) is 0 Å². The van der Waals surface area contributed by atoms with E-state index in [-0.39, 0.29) is 35.3 Å². The molecule has 0 aromatic heterocycles. The first kappa shape index (κ1) is 9.59. The third-order valence-electron chi connectivity index (χ3n) is 1.66. The molecule has 1 nitrogen and oxygen atoms in total. The van der Waals surface area contributed by atoms with E-state index < -0.39 is 0 Å². The van der Waals surface area contributed by atoms with Crippen molar-refractivity contribution in [1.82, 2.24) is 0 Å². The molecule has 0 aliphatic heterocycles. The van der Waals surface area contributed by atoms with Crippen LogP contribution < -0.4 is 29.6 Å². The third kappa shape index (κ3) is 1.81. The van der Waals surface area contributed by atoms with E-state index in [1.807, 2.05) is 24.3 Å². The monoisotopic (exact) mass is 166 g/mol. The summed E-state index contributed by atoms with van der Waals surface area (Å²) in [6.07, 6.45) is 0. The van der Waals surface area contributed by atoms with Crippen LogP contribution in [0.5, 0.6) is 5.75 Å². The second-order valence-electron chi connectivity index (χ2n) is 2.45. The predicted octanol–water partition coefficient (Wildman–Crippen LogP) is -0.650. The number of phenolic OH excluding ortho intramolecular Hbond substituents is 1. The van der Waals surface area contributed by atoms with E-state index in [4.69, 9.17) is 5.11 Å². The molecule has 0 heterocycles. The number of hydrogen-bond acceptors (Lipinski definition) is 1. The zero-order valence-electron chi connectivity index (χ0n) is 6.91. The van der Waals surface area contributed by atoms with Crippen molar-refractivity contribution < 1.29 is 34.7 Å². The predicted molar refractivity (Wildman–Crippen MR) is 44.4 cm³/mol. The molecule has 0 saturated carbocycles. The van der Waals surface area contributed by atoms with Gasteiger partial charge in [0.2, 0.25) is 0 Å². The first-order valence-corrected chi connectivity index (χ1v) is 3.46. The molecule has 0 amide bonds. The van der Waals surface area contributed by atoms with Gasteiger partial charge in [-0.05, 0) is 0 Å². The Kier molecular flexibility index (Phi) is 3.15. The summed E-state index contributed by atoms with van der Waals surface area (Å²) in [5.74, 6) is 0.198. The first-order chi connectivity index (χ1) is 5.36. The molecule has 0 bridgehead atoms. The van der Waals surface area contributed by atoms with Crippen molar-refractivity contribution in [3.63, 3.8) is 0 Å². The molecule has 0 atom stereocenters. The van der Waals surface area contributed by atoms with Crippen molar-refractivity contribution in [2.75, 3.05) is 0 Å². The zero-order chi connectivity index (χ0) is 7.68. The molecular weight excluding hydrogens is 159 g/mol. The molecular formula is C10H7NaO. The van der Waals surface area contributed by atoms with Crippen molar-refractivity contribution in [1.29, 1.82) is 0 Å². The number of benzene rings is 2. The van der Waals surface area contributed by atoms with Crippen LogP contribution in [0, 0.1) is 6.07 Å². The largest absolute Gasteiger partial charge is 1.00 e. The van der Waals surface area contributed by atoms with Crippen molar-refractivity contribution in [3.05, 3.63) is 42.5 Å². The molecule has 0 radical (unpaired) electrons. The summed E-state index contributed by atoms with van der Waals surface area (Å²) in [7, 11) is 0. The van der Waals surface area contributed by atoms with Gasteiger partial charge in [-0.2, -0.15) is 6.07 Å². The summed E-state index contributed by atoms with van der Waals surface area (Å²) in [6.45, 7) is 0. The van der Waals surface area contributed by atoms with Gasteiger partial charge in [0.25, 0.3) is 0 Å². The summed E-state index contributed by atoms with van der Waals surface area (Å²) in [5.41, 5.74) is 0. The number of hydrogen-bond donors (Lipinski definition) is 1. The topological polar surface area (TPSA) is 20.2 Å². The number of phenols is 1. The van der Waals surface area contributed by atoms with Gasteiger partial charge in [-0.25, -0.2) is 0 Å². The van der Waals surface area contributed by atoms with Crippen LogP contribution in [0.1, 0.15) is 0 Å². The van der Waals surface area contributed by atoms with Crippen LogP contribution in [0.3, 0.4) is 0 Å². The van der Waals surface area contributed by atoms with Gasteiger partial charge in [-0.15, -0.1) is 29.0 Å². The van der Waals surface area contributed by atoms with Crippen molar-refractivity contribution in [3.8, 4) is 5.75 Å². The Morgan fingerprint density at radius 1 is 1.08 bits per heavy atom. The van der Waals surface area contributed by atoms with Crippen LogP contribution >= 0.6 is 0 Å². The van der Waals surface area contributed by atoms with Crippen molar-refractivity contribution >= 4 is 10.8 Å². The summed E-state index contributed by atoms with van der Waals surface area (Å²) >= 11 is 0. The van der Waals surface area contributed by atoms with E-state index in [0.717, 1.165) is 10.8 Å². The van der Waals surface area contributed by atoms with Gasteiger partial charge in [0, 0.05) is 5.75 Å². The minimum absolute atomic E-state index is 0. The average Bonchev–Trinajstić information content (AvgIpc) is 2.04. The van der Waals surface area contributed by atoms with Gasteiger partial charge in [0.1, 0.15) is 0 Å². The molecule has 2 aromatic rings. The third-order valence-corrected chi connectivity index (χ3v) is 1.66. The van der Waals surface area contributed by atoms with E-state index in [1.54, 1.807) is 12.1 Å². The molecule has 2 heteroatoms. The van der Waals surface area contributed by atoms with E-state index >= 15 is 0 Å². The van der Waals surface area contributed by atoms with E-state index in [1.165, 1.54) is 0 Å². The number of aromatic hydroxyl groups is 1. The maximum absolute atomic E-state index is 9.07. The molecule has 2 rings (SSSR count). The normalized spacial score (nSPS) is 9.33. The smallest absolute Gasteiger partial charge is 0.534 e. The Balaban J connectivity index is 0.000000720. The molecule has 0 aliphatic rings. The van der Waals surface area contributed by atoms with Crippen LogP contribution in [0.2, 0.25) is 0 Å². The molecule has 0 spiro atoms. The summed E-state index contributed by atoms with van der Waals surface area (Å²) < 4.78 is 0. The first-order valence-electron chi connectivity index (χ1n) is 3.46. The average molecular weight is 166 g/mol. The Labute approximate surface area is 93.3 Å². The standard InChI is InChI=1S/C10H7O.Na/c11-10-6-5-8-3-1-2-4-9(8)7-10;/h1-5,7,11H;/q-1;+1. The SMILES string of the molecule is Oc1[c-]cc2ccccc2c1.[Na+]. The fraction of sp³-hybridized carbons (Fsp3) is 0. The molecule has 12 heavy (non-hydrogen) atoms. The van der Waals surface area contributed by atoms with E-state index in [0.29, 0.717) is 0 Å². The summed E-state index contributed by atoms with van der Waals surface area (Å²) in [6, 6.07) is 14.1. The van der Waals surface area contributed by atoms with Crippen LogP contribution in [0.4, 0.5) is 0 Å². The molecule has 54 valence electrons. The van der Waals surface area contributed by atoms with Gasteiger partial charge in [-0.1, -0.05) is 18.2 Å². The number of fused-ring (bicyclic) bond motifs is 1. The minimum Gasteiger partial charge on any atom is -0.534 e.